The molecule has 1 spiro atoms. The van der Waals surface area contributed by atoms with Crippen LogP contribution in [-0.4, -0.2) is 59.4 Å². The van der Waals surface area contributed by atoms with Crippen LogP contribution in [0.5, 0.6) is 0 Å². The fourth-order valence-electron chi connectivity index (χ4n) is 4.38. The predicted octanol–water partition coefficient (Wildman–Crippen LogP) is 1.68. The van der Waals surface area contributed by atoms with Gasteiger partial charge in [-0.3, -0.25) is 14.5 Å². The first-order chi connectivity index (χ1) is 13.0. The van der Waals surface area contributed by atoms with E-state index in [1.54, 1.807) is 11.0 Å². The molecule has 0 radical (unpaired) electrons. The molecule has 0 bridgehead atoms. The van der Waals surface area contributed by atoms with Crippen LogP contribution in [0.1, 0.15) is 37.3 Å². The number of imide groups is 1. The minimum absolute atomic E-state index is 0.175. The second-order valence-corrected chi connectivity index (χ2v) is 7.91. The number of amides is 4. The maximum Gasteiger partial charge on any atom is 0.325 e. The first-order valence-electron chi connectivity index (χ1n) is 9.40. The van der Waals surface area contributed by atoms with Gasteiger partial charge in [0.05, 0.1) is 6.04 Å². The van der Waals surface area contributed by atoms with Crippen LogP contribution in [-0.2, 0) is 9.59 Å². The Kier molecular flexibility index (Phi) is 4.82. The Labute approximate surface area is 163 Å². The lowest BCUT2D eigenvalue weighted by atomic mass is 9.98. The van der Waals surface area contributed by atoms with Crippen LogP contribution in [0.2, 0.25) is 5.02 Å². The molecule has 1 aliphatic carbocycles. The monoisotopic (exact) mass is 390 g/mol. The molecule has 2 N–H and O–H groups in total. The number of hydrogen-bond acceptors (Lipinski definition) is 4. The topological polar surface area (TPSA) is 81.8 Å². The van der Waals surface area contributed by atoms with Gasteiger partial charge in [0.15, 0.2) is 0 Å². The highest BCUT2D eigenvalue weighted by Crippen LogP contribution is 2.35. The zero-order chi connectivity index (χ0) is 19.0. The van der Waals surface area contributed by atoms with Crippen molar-refractivity contribution in [3.05, 3.63) is 34.9 Å². The molecule has 2 heterocycles. The van der Waals surface area contributed by atoms with Gasteiger partial charge in [-0.15, -0.1) is 0 Å². The molecule has 27 heavy (non-hydrogen) atoms. The third-order valence-corrected chi connectivity index (χ3v) is 6.03. The maximum atomic E-state index is 13.0. The van der Waals surface area contributed by atoms with Gasteiger partial charge in [0, 0.05) is 24.7 Å². The molecule has 8 heteroatoms. The summed E-state index contributed by atoms with van der Waals surface area (Å²) in [6.07, 6.45) is 3.15. The molecule has 4 rings (SSSR count). The van der Waals surface area contributed by atoms with Crippen molar-refractivity contribution in [3.63, 3.8) is 0 Å². The molecular weight excluding hydrogens is 368 g/mol. The van der Waals surface area contributed by atoms with Crippen molar-refractivity contribution in [1.82, 2.24) is 20.4 Å². The molecule has 3 aliphatic rings. The normalized spacial score (nSPS) is 24.6. The molecule has 1 aromatic rings. The quantitative estimate of drug-likeness (QED) is 0.769. The second-order valence-electron chi connectivity index (χ2n) is 7.47. The summed E-state index contributed by atoms with van der Waals surface area (Å²) < 4.78 is 0. The number of urea groups is 1. The Bertz CT molecular complexity index is 778. The molecule has 4 amide bonds. The van der Waals surface area contributed by atoms with Gasteiger partial charge in [-0.1, -0.05) is 36.6 Å². The molecule has 144 valence electrons. The van der Waals surface area contributed by atoms with Crippen molar-refractivity contribution in [2.45, 2.75) is 37.3 Å². The smallest absolute Gasteiger partial charge is 0.325 e. The molecular formula is C19H23ClN4O3. The number of nitrogens with zero attached hydrogens (tertiary/aromatic N) is 2. The van der Waals surface area contributed by atoms with Gasteiger partial charge in [0.25, 0.3) is 5.91 Å². The highest BCUT2D eigenvalue weighted by Gasteiger charge is 2.53. The van der Waals surface area contributed by atoms with E-state index in [2.05, 4.69) is 10.6 Å². The zero-order valence-corrected chi connectivity index (χ0v) is 15.8. The zero-order valence-electron chi connectivity index (χ0n) is 15.0. The van der Waals surface area contributed by atoms with E-state index in [1.807, 2.05) is 18.2 Å². The van der Waals surface area contributed by atoms with Crippen molar-refractivity contribution >= 4 is 29.4 Å². The fourth-order valence-corrected chi connectivity index (χ4v) is 4.58. The number of carbonyl (C=O) groups excluding carboxylic acids is 3. The summed E-state index contributed by atoms with van der Waals surface area (Å²) in [7, 11) is 0. The lowest BCUT2D eigenvalue weighted by Gasteiger charge is -2.37. The Morgan fingerprint density at radius 3 is 2.78 bits per heavy atom. The minimum Gasteiger partial charge on any atom is -0.332 e. The summed E-state index contributed by atoms with van der Waals surface area (Å²) >= 11 is 6.11. The largest absolute Gasteiger partial charge is 0.332 e. The first-order valence-corrected chi connectivity index (χ1v) is 9.78. The molecule has 1 aromatic carbocycles. The first kappa shape index (κ1) is 18.3. The van der Waals surface area contributed by atoms with Crippen molar-refractivity contribution < 1.29 is 14.4 Å². The third kappa shape index (κ3) is 3.30. The highest BCUT2D eigenvalue weighted by atomic mass is 35.5. The van der Waals surface area contributed by atoms with Crippen molar-refractivity contribution in [2.24, 2.45) is 0 Å². The number of hydrogen-bond donors (Lipinski definition) is 2. The standard InChI is InChI=1S/C19H23ClN4O3/c20-14-5-3-4-13(10-14)15-11-21-8-9-23(15)16(25)12-24-17(26)19(22-18(24)27)6-1-2-7-19/h3-5,10,15,21H,1-2,6-9,11-12H2,(H,22,27). The Hall–Kier alpha value is -2.12. The van der Waals surface area contributed by atoms with Crippen LogP contribution in [0.25, 0.3) is 0 Å². The van der Waals surface area contributed by atoms with Crippen molar-refractivity contribution in [3.8, 4) is 0 Å². The van der Waals surface area contributed by atoms with Crippen LogP contribution >= 0.6 is 11.6 Å². The minimum atomic E-state index is -0.785. The molecule has 0 aromatic heterocycles. The molecule has 1 atom stereocenters. The van der Waals surface area contributed by atoms with E-state index in [4.69, 9.17) is 11.6 Å². The van der Waals surface area contributed by atoms with E-state index in [0.29, 0.717) is 37.5 Å². The third-order valence-electron chi connectivity index (χ3n) is 5.79. The van der Waals surface area contributed by atoms with Gasteiger partial charge >= 0.3 is 6.03 Å². The highest BCUT2D eigenvalue weighted by molar-refractivity contribution is 6.30. The van der Waals surface area contributed by atoms with E-state index in [-0.39, 0.29) is 24.4 Å². The summed E-state index contributed by atoms with van der Waals surface area (Å²) in [6.45, 7) is 1.58. The Balaban J connectivity index is 1.51. The van der Waals surface area contributed by atoms with Crippen LogP contribution in [0.3, 0.4) is 0 Å². The fraction of sp³-hybridized carbons (Fsp3) is 0.526. The number of halogens is 1. The summed E-state index contributed by atoms with van der Waals surface area (Å²) in [5.41, 5.74) is 0.153. The second kappa shape index (κ2) is 7.13. The van der Waals surface area contributed by atoms with Crippen LogP contribution in [0, 0.1) is 0 Å². The SMILES string of the molecule is O=C1NC2(CCCC2)C(=O)N1CC(=O)N1CCNCC1c1cccc(Cl)c1. The predicted molar refractivity (Wildman–Crippen MR) is 100 cm³/mol. The van der Waals surface area contributed by atoms with Gasteiger partial charge in [-0.2, -0.15) is 0 Å². The van der Waals surface area contributed by atoms with Crippen molar-refractivity contribution in [1.29, 1.82) is 0 Å². The summed E-state index contributed by atoms with van der Waals surface area (Å²) in [6, 6.07) is 6.81. The Morgan fingerprint density at radius 2 is 2.04 bits per heavy atom. The van der Waals surface area contributed by atoms with Gasteiger partial charge in [0.1, 0.15) is 12.1 Å². The molecule has 1 unspecified atom stereocenters. The van der Waals surface area contributed by atoms with Gasteiger partial charge in [-0.25, -0.2) is 4.79 Å². The number of piperazine rings is 1. The van der Waals surface area contributed by atoms with E-state index < -0.39 is 11.6 Å². The lowest BCUT2D eigenvalue weighted by molar-refractivity contribution is -0.140. The van der Waals surface area contributed by atoms with Crippen LogP contribution < -0.4 is 10.6 Å². The van der Waals surface area contributed by atoms with Gasteiger partial charge in [0.2, 0.25) is 5.91 Å². The van der Waals surface area contributed by atoms with E-state index in [9.17, 15) is 14.4 Å². The number of benzene rings is 1. The van der Waals surface area contributed by atoms with Gasteiger partial charge in [-0.05, 0) is 30.5 Å². The molecule has 7 nitrogen and oxygen atoms in total. The van der Waals surface area contributed by atoms with Crippen LogP contribution in [0.4, 0.5) is 4.79 Å². The summed E-state index contributed by atoms with van der Waals surface area (Å²) in [4.78, 5) is 41.0. The van der Waals surface area contributed by atoms with E-state index in [1.165, 1.54) is 0 Å². The average molecular weight is 391 g/mol. The molecule has 2 aliphatic heterocycles. The molecule has 2 saturated heterocycles. The molecule has 1 saturated carbocycles. The van der Waals surface area contributed by atoms with Gasteiger partial charge < -0.3 is 15.5 Å². The van der Waals surface area contributed by atoms with Crippen molar-refractivity contribution in [2.75, 3.05) is 26.2 Å². The Morgan fingerprint density at radius 1 is 1.26 bits per heavy atom. The average Bonchev–Trinajstić information content (AvgIpc) is 3.22. The number of nitrogens with one attached hydrogen (secondary N) is 2. The number of carbonyl (C=O) groups is 3. The lowest BCUT2D eigenvalue weighted by Crippen LogP contribution is -2.52. The maximum absolute atomic E-state index is 13.0. The van der Waals surface area contributed by atoms with E-state index >= 15 is 0 Å². The van der Waals surface area contributed by atoms with E-state index in [0.717, 1.165) is 23.3 Å². The number of rotatable bonds is 3. The summed E-state index contributed by atoms with van der Waals surface area (Å²) in [5.74, 6) is -0.479. The van der Waals surface area contributed by atoms with Crippen LogP contribution in [0.15, 0.2) is 24.3 Å². The summed E-state index contributed by atoms with van der Waals surface area (Å²) in [5, 5.41) is 6.73. The molecule has 3 fully saturated rings.